The van der Waals surface area contributed by atoms with Gasteiger partial charge in [0.15, 0.2) is 5.65 Å². The molecular weight excluding hydrogens is 426 g/mol. The second-order valence-corrected chi connectivity index (χ2v) is 7.86. The molecule has 0 bridgehead atoms. The Balaban J connectivity index is 1.59. The van der Waals surface area contributed by atoms with Gasteiger partial charge < -0.3 is 0 Å². The first-order valence-corrected chi connectivity index (χ1v) is 9.79. The Morgan fingerprint density at radius 1 is 0.967 bits per heavy atom. The van der Waals surface area contributed by atoms with Crippen LogP contribution in [0.25, 0.3) is 16.9 Å². The summed E-state index contributed by atoms with van der Waals surface area (Å²) in [5.41, 5.74) is 0.249. The lowest BCUT2D eigenvalue weighted by Crippen LogP contribution is -2.15. The summed E-state index contributed by atoms with van der Waals surface area (Å²) in [4.78, 5) is -0.708. The number of alkyl halides is 3. The summed E-state index contributed by atoms with van der Waals surface area (Å²) >= 11 is 0. The van der Waals surface area contributed by atoms with E-state index in [1.807, 2.05) is 0 Å². The van der Waals surface area contributed by atoms with Gasteiger partial charge in [0.05, 0.1) is 16.2 Å². The van der Waals surface area contributed by atoms with Gasteiger partial charge in [-0.1, -0.05) is 12.1 Å². The van der Waals surface area contributed by atoms with E-state index >= 15 is 0 Å². The number of halogens is 4. The van der Waals surface area contributed by atoms with Crippen LogP contribution in [0, 0.1) is 5.82 Å². The van der Waals surface area contributed by atoms with E-state index in [0.717, 1.165) is 6.07 Å². The van der Waals surface area contributed by atoms with Crippen molar-refractivity contribution in [2.75, 3.05) is 4.72 Å². The lowest BCUT2D eigenvalue weighted by atomic mass is 10.1. The van der Waals surface area contributed by atoms with Crippen LogP contribution in [0.2, 0.25) is 0 Å². The lowest BCUT2D eigenvalue weighted by molar-refractivity contribution is -0.140. The van der Waals surface area contributed by atoms with Gasteiger partial charge in [-0.25, -0.2) is 12.8 Å². The molecule has 154 valence electrons. The zero-order valence-corrected chi connectivity index (χ0v) is 15.6. The summed E-state index contributed by atoms with van der Waals surface area (Å²) in [5, 5.41) is 11.9. The molecule has 4 aromatic rings. The van der Waals surface area contributed by atoms with E-state index in [4.69, 9.17) is 0 Å². The average molecular weight is 437 g/mol. The van der Waals surface area contributed by atoms with Crippen LogP contribution in [0.3, 0.4) is 0 Å². The Morgan fingerprint density at radius 2 is 1.70 bits per heavy atom. The number of hydrogen-bond donors (Lipinski definition) is 1. The topological polar surface area (TPSA) is 89.2 Å². The van der Waals surface area contributed by atoms with Crippen LogP contribution in [0.15, 0.2) is 65.8 Å². The van der Waals surface area contributed by atoms with Gasteiger partial charge in [0.2, 0.25) is 0 Å². The van der Waals surface area contributed by atoms with Gasteiger partial charge in [-0.05, 0) is 42.5 Å². The molecule has 0 saturated heterocycles. The standard InChI is InChI=1S/C18H11F4N5O2S/c19-15-6-5-13(9-14(15)18(20,21)22)30(28,29)26-12-3-1-11(2-4-12)16-7-8-17-24-23-10-27(17)25-16/h1-10,26H. The van der Waals surface area contributed by atoms with Gasteiger partial charge in [-0.3, -0.25) is 4.72 Å². The van der Waals surface area contributed by atoms with E-state index in [0.29, 0.717) is 23.0 Å². The van der Waals surface area contributed by atoms with Gasteiger partial charge in [0, 0.05) is 11.3 Å². The summed E-state index contributed by atoms with van der Waals surface area (Å²) in [7, 11) is -4.36. The second kappa shape index (κ2) is 7.06. The van der Waals surface area contributed by atoms with E-state index in [9.17, 15) is 26.0 Å². The fraction of sp³-hybridized carbons (Fsp3) is 0.0556. The molecule has 0 amide bonds. The Hall–Kier alpha value is -3.54. The zero-order chi connectivity index (χ0) is 21.5. The number of anilines is 1. The van der Waals surface area contributed by atoms with Gasteiger partial charge in [-0.2, -0.15) is 22.8 Å². The number of fused-ring (bicyclic) bond motifs is 1. The third kappa shape index (κ3) is 3.81. The van der Waals surface area contributed by atoms with Crippen LogP contribution >= 0.6 is 0 Å². The first-order chi connectivity index (χ1) is 14.1. The largest absolute Gasteiger partial charge is 0.419 e. The number of nitrogens with zero attached hydrogens (tertiary/aromatic N) is 4. The van der Waals surface area contributed by atoms with Crippen molar-refractivity contribution in [3.8, 4) is 11.3 Å². The van der Waals surface area contributed by atoms with Crippen LogP contribution in [0.4, 0.5) is 23.2 Å². The van der Waals surface area contributed by atoms with Crippen LogP contribution in [-0.2, 0) is 16.2 Å². The molecule has 2 aromatic heterocycles. The molecule has 12 heteroatoms. The van der Waals surface area contributed by atoms with E-state index in [2.05, 4.69) is 20.0 Å². The number of sulfonamides is 1. The fourth-order valence-corrected chi connectivity index (χ4v) is 3.78. The highest BCUT2D eigenvalue weighted by Crippen LogP contribution is 2.33. The normalized spacial score (nSPS) is 12.3. The monoisotopic (exact) mass is 437 g/mol. The zero-order valence-electron chi connectivity index (χ0n) is 14.8. The lowest BCUT2D eigenvalue weighted by Gasteiger charge is -2.12. The Labute approximate surface area is 167 Å². The van der Waals surface area contributed by atoms with E-state index in [1.54, 1.807) is 24.3 Å². The maximum absolute atomic E-state index is 13.4. The van der Waals surface area contributed by atoms with Crippen molar-refractivity contribution < 1.29 is 26.0 Å². The van der Waals surface area contributed by atoms with Crippen molar-refractivity contribution in [2.45, 2.75) is 11.1 Å². The van der Waals surface area contributed by atoms with Crippen molar-refractivity contribution >= 4 is 21.4 Å². The summed E-state index contributed by atoms with van der Waals surface area (Å²) < 4.78 is 80.5. The highest BCUT2D eigenvalue weighted by molar-refractivity contribution is 7.92. The first kappa shape index (κ1) is 19.8. The van der Waals surface area contributed by atoms with Crippen molar-refractivity contribution in [2.24, 2.45) is 0 Å². The summed E-state index contributed by atoms with van der Waals surface area (Å²) in [6.07, 6.45) is -3.59. The third-order valence-electron chi connectivity index (χ3n) is 4.15. The van der Waals surface area contributed by atoms with Crippen LogP contribution in [0.5, 0.6) is 0 Å². The molecule has 0 aliphatic rings. The number of nitrogens with one attached hydrogen (secondary N) is 1. The molecule has 0 aliphatic carbocycles. The van der Waals surface area contributed by atoms with Gasteiger partial charge in [0.1, 0.15) is 12.1 Å². The van der Waals surface area contributed by atoms with E-state index in [-0.39, 0.29) is 11.8 Å². The fourth-order valence-electron chi connectivity index (χ4n) is 2.69. The number of aromatic nitrogens is 4. The average Bonchev–Trinajstić information content (AvgIpc) is 3.15. The molecule has 0 fully saturated rings. The van der Waals surface area contributed by atoms with E-state index < -0.39 is 32.5 Å². The molecule has 0 radical (unpaired) electrons. The van der Waals surface area contributed by atoms with Crippen LogP contribution in [-0.4, -0.2) is 28.2 Å². The van der Waals surface area contributed by atoms with Crippen LogP contribution in [0.1, 0.15) is 5.56 Å². The molecule has 0 aliphatic heterocycles. The predicted molar refractivity (Wildman–Crippen MR) is 98.4 cm³/mol. The number of benzene rings is 2. The highest BCUT2D eigenvalue weighted by Gasteiger charge is 2.35. The first-order valence-electron chi connectivity index (χ1n) is 8.30. The molecule has 0 unspecified atom stereocenters. The second-order valence-electron chi connectivity index (χ2n) is 6.17. The Bertz CT molecular complexity index is 1330. The van der Waals surface area contributed by atoms with Crippen LogP contribution < -0.4 is 4.72 Å². The molecule has 30 heavy (non-hydrogen) atoms. The SMILES string of the molecule is O=S(=O)(Nc1ccc(-c2ccc3nncn3n2)cc1)c1ccc(F)c(C(F)(F)F)c1. The maximum Gasteiger partial charge on any atom is 0.419 e. The molecular formula is C18H11F4N5O2S. The Morgan fingerprint density at radius 3 is 2.40 bits per heavy atom. The molecule has 0 saturated carbocycles. The minimum atomic E-state index is -5.02. The molecule has 2 heterocycles. The molecule has 4 rings (SSSR count). The molecule has 0 atom stereocenters. The van der Waals surface area contributed by atoms with E-state index in [1.165, 1.54) is 23.0 Å². The quantitative estimate of drug-likeness (QED) is 0.491. The highest BCUT2D eigenvalue weighted by atomic mass is 32.2. The number of hydrogen-bond acceptors (Lipinski definition) is 5. The predicted octanol–water partition coefficient (Wildman–Crippen LogP) is 3.75. The molecule has 2 aromatic carbocycles. The summed E-state index contributed by atoms with van der Waals surface area (Å²) in [5.74, 6) is -1.55. The van der Waals surface area contributed by atoms with Gasteiger partial charge in [-0.15, -0.1) is 10.2 Å². The van der Waals surface area contributed by atoms with Crippen molar-refractivity contribution in [1.29, 1.82) is 0 Å². The minimum absolute atomic E-state index is 0.113. The number of rotatable bonds is 4. The smallest absolute Gasteiger partial charge is 0.280 e. The molecule has 1 N–H and O–H groups in total. The summed E-state index contributed by atoms with van der Waals surface area (Å²) in [6, 6.07) is 10.9. The maximum atomic E-state index is 13.4. The van der Waals surface area contributed by atoms with Crippen molar-refractivity contribution in [3.63, 3.8) is 0 Å². The van der Waals surface area contributed by atoms with Crippen molar-refractivity contribution in [1.82, 2.24) is 19.8 Å². The van der Waals surface area contributed by atoms with Gasteiger partial charge in [0.25, 0.3) is 10.0 Å². The summed E-state index contributed by atoms with van der Waals surface area (Å²) in [6.45, 7) is 0. The van der Waals surface area contributed by atoms with Gasteiger partial charge >= 0.3 is 6.18 Å². The molecule has 0 spiro atoms. The van der Waals surface area contributed by atoms with Crippen molar-refractivity contribution in [3.05, 3.63) is 72.3 Å². The third-order valence-corrected chi connectivity index (χ3v) is 5.53. The minimum Gasteiger partial charge on any atom is -0.280 e. The molecule has 7 nitrogen and oxygen atoms in total. The Kier molecular flexibility index (Phi) is 4.65.